The molecule has 0 fully saturated rings. The fraction of sp³-hybridized carbons (Fsp3) is 0.600. The fourth-order valence-corrected chi connectivity index (χ4v) is 2.14. The molecular formula is C15H25N3O2. The number of ether oxygens (including phenoxy) is 1. The van der Waals surface area contributed by atoms with E-state index in [1.165, 1.54) is 0 Å². The zero-order valence-corrected chi connectivity index (χ0v) is 12.6. The molecule has 0 aliphatic carbocycles. The van der Waals surface area contributed by atoms with E-state index in [9.17, 15) is 4.79 Å². The molecule has 0 saturated heterocycles. The topological polar surface area (TPSA) is 77.2 Å². The zero-order chi connectivity index (χ0) is 15.0. The van der Waals surface area contributed by atoms with Crippen LogP contribution in [0.25, 0.3) is 0 Å². The summed E-state index contributed by atoms with van der Waals surface area (Å²) in [5.41, 5.74) is 7.19. The minimum Gasteiger partial charge on any atom is -0.384 e. The fourth-order valence-electron chi connectivity index (χ4n) is 2.14. The Bertz CT molecular complexity index is 429. The van der Waals surface area contributed by atoms with Gasteiger partial charge in [0, 0.05) is 18.4 Å². The Morgan fingerprint density at radius 1 is 1.40 bits per heavy atom. The Labute approximate surface area is 120 Å². The van der Waals surface area contributed by atoms with Crippen molar-refractivity contribution < 1.29 is 9.53 Å². The number of methoxy groups -OCH3 is 1. The second-order valence-corrected chi connectivity index (χ2v) is 4.94. The molecule has 0 aliphatic heterocycles. The summed E-state index contributed by atoms with van der Waals surface area (Å²) in [4.78, 5) is 16.5. The third-order valence-electron chi connectivity index (χ3n) is 3.01. The average molecular weight is 279 g/mol. The molecule has 5 nitrogen and oxygen atoms in total. The van der Waals surface area contributed by atoms with E-state index in [-0.39, 0.29) is 11.9 Å². The largest absolute Gasteiger partial charge is 0.384 e. The van der Waals surface area contributed by atoms with Crippen LogP contribution in [-0.4, -0.2) is 30.6 Å². The number of nitrogens with one attached hydrogen (secondary N) is 1. The third kappa shape index (κ3) is 5.17. The molecule has 112 valence electrons. The van der Waals surface area contributed by atoms with Crippen molar-refractivity contribution in [1.82, 2.24) is 10.3 Å². The number of nitrogen functional groups attached to an aromatic ring is 1. The summed E-state index contributed by atoms with van der Waals surface area (Å²) in [6.07, 6.45) is 3.68. The van der Waals surface area contributed by atoms with Gasteiger partial charge in [0.1, 0.15) is 5.82 Å². The molecule has 1 amide bonds. The number of pyridine rings is 1. The summed E-state index contributed by atoms with van der Waals surface area (Å²) >= 11 is 0. The Hall–Kier alpha value is -1.62. The number of carbonyl (C=O) groups is 1. The normalized spacial score (nSPS) is 12.2. The van der Waals surface area contributed by atoms with Crippen molar-refractivity contribution in [3.05, 3.63) is 23.4 Å². The summed E-state index contributed by atoms with van der Waals surface area (Å²) in [5.74, 6) is 0.270. The summed E-state index contributed by atoms with van der Waals surface area (Å²) in [7, 11) is 1.64. The maximum Gasteiger partial charge on any atom is 0.251 e. The van der Waals surface area contributed by atoms with E-state index in [4.69, 9.17) is 10.5 Å². The average Bonchev–Trinajstić information content (AvgIpc) is 2.39. The first-order valence-electron chi connectivity index (χ1n) is 7.16. The number of rotatable bonds is 8. The lowest BCUT2D eigenvalue weighted by Gasteiger charge is -2.17. The van der Waals surface area contributed by atoms with Gasteiger partial charge in [0.25, 0.3) is 5.91 Å². The molecule has 1 aromatic rings. The maximum absolute atomic E-state index is 12.3. The minimum absolute atomic E-state index is 0.0292. The van der Waals surface area contributed by atoms with Crippen molar-refractivity contribution in [3.8, 4) is 0 Å². The highest BCUT2D eigenvalue weighted by Gasteiger charge is 2.14. The number of amides is 1. The highest BCUT2D eigenvalue weighted by Crippen LogP contribution is 2.10. The summed E-state index contributed by atoms with van der Waals surface area (Å²) in [5, 5.41) is 2.98. The van der Waals surface area contributed by atoms with Crippen molar-refractivity contribution in [3.63, 3.8) is 0 Å². The van der Waals surface area contributed by atoms with Crippen LogP contribution in [0, 0.1) is 0 Å². The van der Waals surface area contributed by atoms with Crippen molar-refractivity contribution in [2.24, 2.45) is 0 Å². The molecule has 0 aromatic carbocycles. The summed E-state index contributed by atoms with van der Waals surface area (Å²) in [6, 6.07) is 3.46. The summed E-state index contributed by atoms with van der Waals surface area (Å²) in [6.45, 7) is 4.67. The van der Waals surface area contributed by atoms with E-state index in [2.05, 4.69) is 24.1 Å². The Morgan fingerprint density at radius 3 is 2.75 bits per heavy atom. The molecule has 5 heteroatoms. The molecule has 1 unspecified atom stereocenters. The first kappa shape index (κ1) is 16.4. The van der Waals surface area contributed by atoms with Crippen LogP contribution >= 0.6 is 0 Å². The molecule has 1 heterocycles. The van der Waals surface area contributed by atoms with E-state index in [1.54, 1.807) is 13.2 Å². The summed E-state index contributed by atoms with van der Waals surface area (Å²) < 4.78 is 5.13. The molecule has 0 radical (unpaired) electrons. The van der Waals surface area contributed by atoms with Crippen molar-refractivity contribution in [2.75, 3.05) is 19.5 Å². The smallest absolute Gasteiger partial charge is 0.251 e. The van der Waals surface area contributed by atoms with Gasteiger partial charge in [-0.1, -0.05) is 26.7 Å². The van der Waals surface area contributed by atoms with Gasteiger partial charge in [-0.3, -0.25) is 4.79 Å². The Kier molecular flexibility index (Phi) is 7.01. The Morgan fingerprint density at radius 2 is 2.15 bits per heavy atom. The van der Waals surface area contributed by atoms with Gasteiger partial charge in [0.05, 0.1) is 12.6 Å². The van der Waals surface area contributed by atoms with Crippen LogP contribution < -0.4 is 11.1 Å². The number of anilines is 1. The number of hydrogen-bond donors (Lipinski definition) is 2. The number of nitrogens with two attached hydrogens (primary N) is 1. The number of nitrogens with zero attached hydrogens (tertiary/aromatic N) is 1. The predicted octanol–water partition coefficient (Wildman–Crippen LogP) is 2.16. The number of aryl methyl sites for hydroxylation is 1. The van der Waals surface area contributed by atoms with Gasteiger partial charge in [-0.25, -0.2) is 4.98 Å². The molecule has 0 spiro atoms. The third-order valence-corrected chi connectivity index (χ3v) is 3.01. The maximum atomic E-state index is 12.3. The highest BCUT2D eigenvalue weighted by molar-refractivity contribution is 5.95. The second-order valence-electron chi connectivity index (χ2n) is 4.94. The van der Waals surface area contributed by atoms with Crippen LogP contribution in [0.1, 0.15) is 49.2 Å². The lowest BCUT2D eigenvalue weighted by Crippen LogP contribution is -2.38. The van der Waals surface area contributed by atoms with E-state index in [1.807, 2.05) is 6.07 Å². The number of hydrogen-bond acceptors (Lipinski definition) is 4. The van der Waals surface area contributed by atoms with Crippen LogP contribution in [0.15, 0.2) is 12.1 Å². The molecule has 0 bridgehead atoms. The van der Waals surface area contributed by atoms with Gasteiger partial charge in [-0.2, -0.15) is 0 Å². The van der Waals surface area contributed by atoms with Gasteiger partial charge in [0.15, 0.2) is 0 Å². The molecule has 0 aliphatic rings. The predicted molar refractivity (Wildman–Crippen MR) is 80.7 cm³/mol. The van der Waals surface area contributed by atoms with Gasteiger partial charge < -0.3 is 15.8 Å². The van der Waals surface area contributed by atoms with E-state index in [0.717, 1.165) is 31.4 Å². The van der Waals surface area contributed by atoms with Gasteiger partial charge in [-0.15, -0.1) is 0 Å². The number of aromatic nitrogens is 1. The van der Waals surface area contributed by atoms with Crippen LogP contribution in [0.2, 0.25) is 0 Å². The van der Waals surface area contributed by atoms with Crippen molar-refractivity contribution >= 4 is 11.7 Å². The minimum atomic E-state index is -0.119. The molecule has 3 N–H and O–H groups in total. The van der Waals surface area contributed by atoms with Crippen molar-refractivity contribution in [2.45, 2.75) is 45.6 Å². The van der Waals surface area contributed by atoms with Crippen molar-refractivity contribution in [1.29, 1.82) is 0 Å². The van der Waals surface area contributed by atoms with E-state index in [0.29, 0.717) is 18.0 Å². The monoisotopic (exact) mass is 279 g/mol. The van der Waals surface area contributed by atoms with Gasteiger partial charge >= 0.3 is 0 Å². The van der Waals surface area contributed by atoms with Crippen LogP contribution in [0.5, 0.6) is 0 Å². The molecule has 20 heavy (non-hydrogen) atoms. The first-order chi connectivity index (χ1) is 9.60. The van der Waals surface area contributed by atoms with Gasteiger partial charge in [-0.05, 0) is 25.0 Å². The second kappa shape index (κ2) is 8.53. The highest BCUT2D eigenvalue weighted by atomic mass is 16.5. The Balaban J connectivity index is 2.79. The van der Waals surface area contributed by atoms with E-state index < -0.39 is 0 Å². The number of carbonyl (C=O) groups excluding carboxylic acids is 1. The van der Waals surface area contributed by atoms with Crippen LogP contribution in [0.4, 0.5) is 5.82 Å². The molecule has 1 aromatic heterocycles. The van der Waals surface area contributed by atoms with Crippen LogP contribution in [-0.2, 0) is 11.2 Å². The molecule has 0 saturated carbocycles. The standard InChI is InChI=1S/C15H25N3O2/c1-4-6-12-8-11(9-14(16)17-12)15(19)18-13(7-5-2)10-20-3/h8-9,13H,4-7,10H2,1-3H3,(H2,16,17)(H,18,19). The zero-order valence-electron chi connectivity index (χ0n) is 12.6. The molecular weight excluding hydrogens is 254 g/mol. The SMILES string of the molecule is CCCc1cc(C(=O)NC(CCC)COC)cc(N)n1. The lowest BCUT2D eigenvalue weighted by molar-refractivity contribution is 0.0891. The van der Waals surface area contributed by atoms with Crippen LogP contribution in [0.3, 0.4) is 0 Å². The van der Waals surface area contributed by atoms with Gasteiger partial charge in [0.2, 0.25) is 0 Å². The lowest BCUT2D eigenvalue weighted by atomic mass is 10.1. The van der Waals surface area contributed by atoms with E-state index >= 15 is 0 Å². The quantitative estimate of drug-likeness (QED) is 0.764. The first-order valence-corrected chi connectivity index (χ1v) is 7.16. The molecule has 1 rings (SSSR count). The molecule has 1 atom stereocenters.